The Morgan fingerprint density at radius 1 is 0.950 bits per heavy atom. The predicted molar refractivity (Wildman–Crippen MR) is 78.7 cm³/mol. The van der Waals surface area contributed by atoms with Gasteiger partial charge in [-0.25, -0.2) is 0 Å². The third-order valence-corrected chi connectivity index (χ3v) is 3.06. The molecule has 2 aromatic rings. The second kappa shape index (κ2) is 6.30. The molecule has 0 saturated heterocycles. The highest BCUT2D eigenvalue weighted by Crippen LogP contribution is 2.33. The molecule has 2 rings (SSSR count). The lowest BCUT2D eigenvalue weighted by atomic mass is 10.1. The average Bonchev–Trinajstić information content (AvgIpc) is 2.48. The van der Waals surface area contributed by atoms with E-state index in [4.69, 9.17) is 19.9 Å². The monoisotopic (exact) mass is 273 g/mol. The molecular formula is C16H19NO3. The molecule has 0 aliphatic heterocycles. The molecule has 0 aliphatic rings. The summed E-state index contributed by atoms with van der Waals surface area (Å²) in [4.78, 5) is 0. The first kappa shape index (κ1) is 14.2. The van der Waals surface area contributed by atoms with Crippen LogP contribution in [-0.2, 0) is 6.54 Å². The lowest BCUT2D eigenvalue weighted by Crippen LogP contribution is -2.01. The Morgan fingerprint density at radius 2 is 1.55 bits per heavy atom. The zero-order valence-corrected chi connectivity index (χ0v) is 12.0. The van der Waals surface area contributed by atoms with Crippen LogP contribution >= 0.6 is 0 Å². The topological polar surface area (TPSA) is 53.7 Å². The lowest BCUT2D eigenvalue weighted by molar-refractivity contribution is 0.386. The SMILES string of the molecule is COc1cc(OC)cc(Oc2c(C)cccc2CN)c1. The molecule has 0 heterocycles. The van der Waals surface area contributed by atoms with Crippen LogP contribution in [0.2, 0.25) is 0 Å². The molecule has 0 saturated carbocycles. The van der Waals surface area contributed by atoms with Crippen LogP contribution in [-0.4, -0.2) is 14.2 Å². The summed E-state index contributed by atoms with van der Waals surface area (Å²) in [5.74, 6) is 2.81. The zero-order chi connectivity index (χ0) is 14.5. The van der Waals surface area contributed by atoms with Gasteiger partial charge in [-0.15, -0.1) is 0 Å². The van der Waals surface area contributed by atoms with Crippen LogP contribution in [0.25, 0.3) is 0 Å². The molecule has 0 spiro atoms. The summed E-state index contributed by atoms with van der Waals surface area (Å²) in [5.41, 5.74) is 7.76. The Bertz CT molecular complexity index is 574. The first-order chi connectivity index (χ1) is 9.67. The molecule has 2 N–H and O–H groups in total. The molecule has 106 valence electrons. The summed E-state index contributed by atoms with van der Waals surface area (Å²) >= 11 is 0. The smallest absolute Gasteiger partial charge is 0.134 e. The van der Waals surface area contributed by atoms with E-state index in [0.29, 0.717) is 23.8 Å². The van der Waals surface area contributed by atoms with Gasteiger partial charge in [0.15, 0.2) is 0 Å². The van der Waals surface area contributed by atoms with Gasteiger partial charge in [-0.3, -0.25) is 0 Å². The highest BCUT2D eigenvalue weighted by Gasteiger charge is 2.09. The van der Waals surface area contributed by atoms with Crippen LogP contribution in [0, 0.1) is 6.92 Å². The normalized spacial score (nSPS) is 10.2. The summed E-state index contributed by atoms with van der Waals surface area (Å²) in [5, 5.41) is 0. The number of aryl methyl sites for hydroxylation is 1. The van der Waals surface area contributed by atoms with Gasteiger partial charge in [0, 0.05) is 30.3 Å². The molecule has 0 amide bonds. The standard InChI is InChI=1S/C16H19NO3/c1-11-5-4-6-12(10-17)16(11)20-15-8-13(18-2)7-14(9-15)19-3/h4-9H,10,17H2,1-3H3. The van der Waals surface area contributed by atoms with Gasteiger partial charge in [-0.2, -0.15) is 0 Å². The molecule has 2 aromatic carbocycles. The van der Waals surface area contributed by atoms with Gasteiger partial charge in [0.25, 0.3) is 0 Å². The fraction of sp³-hybridized carbons (Fsp3) is 0.250. The highest BCUT2D eigenvalue weighted by molar-refractivity contribution is 5.47. The maximum atomic E-state index is 5.98. The van der Waals surface area contributed by atoms with Crippen molar-refractivity contribution >= 4 is 0 Å². The van der Waals surface area contributed by atoms with Gasteiger partial charge in [0.2, 0.25) is 0 Å². The van der Waals surface area contributed by atoms with E-state index in [1.807, 2.05) is 37.3 Å². The second-order valence-electron chi connectivity index (χ2n) is 4.42. The van der Waals surface area contributed by atoms with Crippen LogP contribution < -0.4 is 19.9 Å². The molecule has 0 atom stereocenters. The number of nitrogens with two attached hydrogens (primary N) is 1. The molecular weight excluding hydrogens is 254 g/mol. The molecule has 0 fully saturated rings. The van der Waals surface area contributed by atoms with Crippen LogP contribution in [0.15, 0.2) is 36.4 Å². The molecule has 4 heteroatoms. The Morgan fingerprint density at radius 3 is 2.10 bits per heavy atom. The molecule has 0 aromatic heterocycles. The third kappa shape index (κ3) is 3.03. The number of hydrogen-bond donors (Lipinski definition) is 1. The van der Waals surface area contributed by atoms with Crippen molar-refractivity contribution in [3.8, 4) is 23.0 Å². The van der Waals surface area contributed by atoms with E-state index in [-0.39, 0.29) is 0 Å². The first-order valence-electron chi connectivity index (χ1n) is 6.37. The van der Waals surface area contributed by atoms with Crippen molar-refractivity contribution in [2.24, 2.45) is 5.73 Å². The van der Waals surface area contributed by atoms with Crippen molar-refractivity contribution in [2.75, 3.05) is 14.2 Å². The Hall–Kier alpha value is -2.20. The summed E-state index contributed by atoms with van der Waals surface area (Å²) in [6.45, 7) is 2.42. The van der Waals surface area contributed by atoms with Crippen molar-refractivity contribution < 1.29 is 14.2 Å². The largest absolute Gasteiger partial charge is 0.496 e. The van der Waals surface area contributed by atoms with E-state index < -0.39 is 0 Å². The minimum absolute atomic E-state index is 0.429. The number of benzene rings is 2. The minimum atomic E-state index is 0.429. The summed E-state index contributed by atoms with van der Waals surface area (Å²) in [6.07, 6.45) is 0. The minimum Gasteiger partial charge on any atom is -0.496 e. The fourth-order valence-corrected chi connectivity index (χ4v) is 1.98. The van der Waals surface area contributed by atoms with Crippen molar-refractivity contribution in [3.05, 3.63) is 47.5 Å². The molecule has 0 aliphatic carbocycles. The fourth-order valence-electron chi connectivity index (χ4n) is 1.98. The van der Waals surface area contributed by atoms with Crippen molar-refractivity contribution in [2.45, 2.75) is 13.5 Å². The average molecular weight is 273 g/mol. The predicted octanol–water partition coefficient (Wildman–Crippen LogP) is 3.26. The Balaban J connectivity index is 2.39. The van der Waals surface area contributed by atoms with Gasteiger partial charge >= 0.3 is 0 Å². The summed E-state index contributed by atoms with van der Waals surface area (Å²) in [6, 6.07) is 11.3. The molecule has 0 radical (unpaired) electrons. The number of para-hydroxylation sites is 1. The van der Waals surface area contributed by atoms with Gasteiger partial charge < -0.3 is 19.9 Å². The molecule has 0 bridgehead atoms. The van der Waals surface area contributed by atoms with Gasteiger partial charge in [-0.1, -0.05) is 18.2 Å². The van der Waals surface area contributed by atoms with Crippen molar-refractivity contribution in [3.63, 3.8) is 0 Å². The summed E-state index contributed by atoms with van der Waals surface area (Å²) in [7, 11) is 3.22. The number of ether oxygens (including phenoxy) is 3. The number of rotatable bonds is 5. The number of methoxy groups -OCH3 is 2. The number of hydrogen-bond acceptors (Lipinski definition) is 4. The molecule has 4 nitrogen and oxygen atoms in total. The maximum Gasteiger partial charge on any atom is 0.134 e. The van der Waals surface area contributed by atoms with Crippen LogP contribution in [0.1, 0.15) is 11.1 Å². The van der Waals surface area contributed by atoms with Crippen LogP contribution in [0.3, 0.4) is 0 Å². The quantitative estimate of drug-likeness (QED) is 0.908. The van der Waals surface area contributed by atoms with Gasteiger partial charge in [0.1, 0.15) is 23.0 Å². The van der Waals surface area contributed by atoms with E-state index in [9.17, 15) is 0 Å². The second-order valence-corrected chi connectivity index (χ2v) is 4.42. The first-order valence-corrected chi connectivity index (χ1v) is 6.37. The van der Waals surface area contributed by atoms with Crippen LogP contribution in [0.4, 0.5) is 0 Å². The Labute approximate surface area is 119 Å². The highest BCUT2D eigenvalue weighted by atomic mass is 16.5. The van der Waals surface area contributed by atoms with E-state index in [1.165, 1.54) is 0 Å². The van der Waals surface area contributed by atoms with E-state index in [0.717, 1.165) is 16.9 Å². The Kier molecular flexibility index (Phi) is 4.48. The zero-order valence-electron chi connectivity index (χ0n) is 12.0. The third-order valence-electron chi connectivity index (χ3n) is 3.06. The molecule has 0 unspecified atom stereocenters. The van der Waals surface area contributed by atoms with E-state index in [2.05, 4.69) is 0 Å². The maximum absolute atomic E-state index is 5.98. The van der Waals surface area contributed by atoms with E-state index >= 15 is 0 Å². The lowest BCUT2D eigenvalue weighted by Gasteiger charge is -2.14. The van der Waals surface area contributed by atoms with Crippen molar-refractivity contribution in [1.29, 1.82) is 0 Å². The van der Waals surface area contributed by atoms with Gasteiger partial charge in [-0.05, 0) is 12.5 Å². The molecule has 20 heavy (non-hydrogen) atoms. The van der Waals surface area contributed by atoms with Gasteiger partial charge in [0.05, 0.1) is 14.2 Å². The van der Waals surface area contributed by atoms with Crippen LogP contribution in [0.5, 0.6) is 23.0 Å². The van der Waals surface area contributed by atoms with Crippen molar-refractivity contribution in [1.82, 2.24) is 0 Å². The summed E-state index contributed by atoms with van der Waals surface area (Å²) < 4.78 is 16.5. The van der Waals surface area contributed by atoms with E-state index in [1.54, 1.807) is 20.3 Å².